The van der Waals surface area contributed by atoms with Crippen molar-refractivity contribution in [3.63, 3.8) is 0 Å². The molecule has 0 heterocycles. The number of para-hydroxylation sites is 2. The molecule has 22 heavy (non-hydrogen) atoms. The Morgan fingerprint density at radius 2 is 1.32 bits per heavy atom. The molecule has 0 unspecified atom stereocenters. The van der Waals surface area contributed by atoms with Crippen LogP contribution in [-0.2, 0) is 4.74 Å². The molecule has 0 bridgehead atoms. The van der Waals surface area contributed by atoms with Gasteiger partial charge in [0, 0.05) is 0 Å². The van der Waals surface area contributed by atoms with Crippen LogP contribution in [0.1, 0.15) is 20.7 Å². The van der Waals surface area contributed by atoms with E-state index in [-0.39, 0.29) is 18.0 Å². The standard InChI is InChI=1S/C17H16O5/c1-20-15-9-5-3-7-12(15)14(18)11-22-17(19)13-8-4-6-10-16(13)21-2/h3-10H,11H2,1-2H3. The lowest BCUT2D eigenvalue weighted by atomic mass is 10.1. The van der Waals surface area contributed by atoms with Crippen molar-refractivity contribution in [1.29, 1.82) is 0 Å². The third-order valence-electron chi connectivity index (χ3n) is 3.07. The molecule has 0 aliphatic rings. The van der Waals surface area contributed by atoms with Gasteiger partial charge in [-0.25, -0.2) is 4.79 Å². The van der Waals surface area contributed by atoms with Crippen LogP contribution in [-0.4, -0.2) is 32.6 Å². The summed E-state index contributed by atoms with van der Waals surface area (Å²) in [5.41, 5.74) is 0.649. The van der Waals surface area contributed by atoms with Gasteiger partial charge in [-0.1, -0.05) is 24.3 Å². The summed E-state index contributed by atoms with van der Waals surface area (Å²) >= 11 is 0. The fraction of sp³-hybridized carbons (Fsp3) is 0.176. The molecule has 0 fully saturated rings. The number of hydrogen-bond donors (Lipinski definition) is 0. The van der Waals surface area contributed by atoms with E-state index < -0.39 is 5.97 Å². The van der Waals surface area contributed by atoms with Crippen molar-refractivity contribution >= 4 is 11.8 Å². The van der Waals surface area contributed by atoms with Gasteiger partial charge in [-0.15, -0.1) is 0 Å². The first-order valence-corrected chi connectivity index (χ1v) is 6.63. The van der Waals surface area contributed by atoms with Crippen molar-refractivity contribution in [3.8, 4) is 11.5 Å². The van der Waals surface area contributed by atoms with E-state index in [1.54, 1.807) is 48.5 Å². The molecule has 5 heteroatoms. The second-order valence-electron chi connectivity index (χ2n) is 4.40. The largest absolute Gasteiger partial charge is 0.496 e. The number of Topliss-reactive ketones (excluding diaryl/α,β-unsaturated/α-hetero) is 1. The van der Waals surface area contributed by atoms with Crippen molar-refractivity contribution in [1.82, 2.24) is 0 Å². The molecule has 0 spiro atoms. The van der Waals surface area contributed by atoms with Gasteiger partial charge in [-0.05, 0) is 24.3 Å². The van der Waals surface area contributed by atoms with Gasteiger partial charge in [0.2, 0.25) is 5.78 Å². The maximum absolute atomic E-state index is 12.1. The highest BCUT2D eigenvalue weighted by molar-refractivity contribution is 6.01. The Kier molecular flexibility index (Phi) is 5.14. The number of esters is 1. The van der Waals surface area contributed by atoms with E-state index in [1.807, 2.05) is 0 Å². The molecule has 114 valence electrons. The van der Waals surface area contributed by atoms with Crippen LogP contribution in [0.4, 0.5) is 0 Å². The van der Waals surface area contributed by atoms with Gasteiger partial charge in [-0.3, -0.25) is 4.79 Å². The van der Waals surface area contributed by atoms with Crippen LogP contribution >= 0.6 is 0 Å². The van der Waals surface area contributed by atoms with Crippen molar-refractivity contribution in [2.45, 2.75) is 0 Å². The van der Waals surface area contributed by atoms with Gasteiger partial charge < -0.3 is 14.2 Å². The van der Waals surface area contributed by atoms with Gasteiger partial charge in [0.15, 0.2) is 6.61 Å². The lowest BCUT2D eigenvalue weighted by molar-refractivity contribution is 0.0471. The second-order valence-corrected chi connectivity index (χ2v) is 4.40. The van der Waals surface area contributed by atoms with Crippen LogP contribution in [0.2, 0.25) is 0 Å². The molecule has 2 aromatic carbocycles. The molecular weight excluding hydrogens is 284 g/mol. The number of benzene rings is 2. The molecule has 0 saturated heterocycles. The third kappa shape index (κ3) is 3.44. The Morgan fingerprint density at radius 1 is 0.818 bits per heavy atom. The van der Waals surface area contributed by atoms with Gasteiger partial charge in [-0.2, -0.15) is 0 Å². The average Bonchev–Trinajstić information content (AvgIpc) is 2.59. The van der Waals surface area contributed by atoms with Crippen LogP contribution in [0.5, 0.6) is 11.5 Å². The fourth-order valence-electron chi connectivity index (χ4n) is 1.97. The first-order chi connectivity index (χ1) is 10.7. The molecular formula is C17H16O5. The van der Waals surface area contributed by atoms with E-state index in [1.165, 1.54) is 14.2 Å². The number of ketones is 1. The van der Waals surface area contributed by atoms with Gasteiger partial charge in [0.1, 0.15) is 17.1 Å². The molecule has 0 atom stereocenters. The average molecular weight is 300 g/mol. The summed E-state index contributed by atoms with van der Waals surface area (Å²) in [5, 5.41) is 0. The molecule has 0 radical (unpaired) electrons. The molecule has 0 N–H and O–H groups in total. The predicted octanol–water partition coefficient (Wildman–Crippen LogP) is 2.74. The summed E-state index contributed by atoms with van der Waals surface area (Å²) in [5.74, 6) is -0.0977. The summed E-state index contributed by atoms with van der Waals surface area (Å²) < 4.78 is 15.3. The summed E-state index contributed by atoms with van der Waals surface area (Å²) in [6.45, 7) is -0.364. The number of rotatable bonds is 6. The zero-order valence-electron chi connectivity index (χ0n) is 12.4. The van der Waals surface area contributed by atoms with Crippen LogP contribution in [0.15, 0.2) is 48.5 Å². The summed E-state index contributed by atoms with van der Waals surface area (Å²) in [6, 6.07) is 13.5. The van der Waals surface area contributed by atoms with Crippen LogP contribution in [0, 0.1) is 0 Å². The predicted molar refractivity (Wildman–Crippen MR) is 80.6 cm³/mol. The topological polar surface area (TPSA) is 61.8 Å². The molecule has 0 amide bonds. The molecule has 0 aliphatic carbocycles. The first kappa shape index (κ1) is 15.6. The Labute approximate surface area is 128 Å². The maximum atomic E-state index is 12.1. The van der Waals surface area contributed by atoms with Gasteiger partial charge in [0.25, 0.3) is 0 Å². The Hall–Kier alpha value is -2.82. The molecule has 2 aromatic rings. The number of hydrogen-bond acceptors (Lipinski definition) is 5. The van der Waals surface area contributed by atoms with Crippen molar-refractivity contribution in [2.24, 2.45) is 0 Å². The highest BCUT2D eigenvalue weighted by Crippen LogP contribution is 2.20. The maximum Gasteiger partial charge on any atom is 0.342 e. The highest BCUT2D eigenvalue weighted by atomic mass is 16.5. The lowest BCUT2D eigenvalue weighted by Crippen LogP contribution is -2.15. The highest BCUT2D eigenvalue weighted by Gasteiger charge is 2.17. The molecule has 0 saturated carbocycles. The minimum absolute atomic E-state index is 0.276. The zero-order valence-corrected chi connectivity index (χ0v) is 12.4. The van der Waals surface area contributed by atoms with Crippen molar-refractivity contribution in [2.75, 3.05) is 20.8 Å². The number of ether oxygens (including phenoxy) is 3. The summed E-state index contributed by atoms with van der Waals surface area (Å²) in [7, 11) is 2.94. The molecule has 0 aromatic heterocycles. The fourth-order valence-corrected chi connectivity index (χ4v) is 1.97. The number of methoxy groups -OCH3 is 2. The van der Waals surface area contributed by atoms with Crippen LogP contribution in [0.3, 0.4) is 0 Å². The third-order valence-corrected chi connectivity index (χ3v) is 3.07. The molecule has 2 rings (SSSR count). The van der Waals surface area contributed by atoms with E-state index in [0.717, 1.165) is 0 Å². The first-order valence-electron chi connectivity index (χ1n) is 6.63. The monoisotopic (exact) mass is 300 g/mol. The normalized spacial score (nSPS) is 9.91. The Morgan fingerprint density at radius 3 is 1.91 bits per heavy atom. The summed E-state index contributed by atoms with van der Waals surface area (Å²) in [6.07, 6.45) is 0. The zero-order chi connectivity index (χ0) is 15.9. The Balaban J connectivity index is 2.06. The smallest absolute Gasteiger partial charge is 0.342 e. The summed E-state index contributed by atoms with van der Waals surface area (Å²) in [4.78, 5) is 24.2. The lowest BCUT2D eigenvalue weighted by Gasteiger charge is -2.09. The van der Waals surface area contributed by atoms with Crippen molar-refractivity contribution in [3.05, 3.63) is 59.7 Å². The second kappa shape index (κ2) is 7.26. The van der Waals surface area contributed by atoms with E-state index in [0.29, 0.717) is 17.1 Å². The van der Waals surface area contributed by atoms with E-state index in [9.17, 15) is 9.59 Å². The SMILES string of the molecule is COc1ccccc1C(=O)COC(=O)c1ccccc1OC. The van der Waals surface area contributed by atoms with Crippen LogP contribution in [0.25, 0.3) is 0 Å². The minimum Gasteiger partial charge on any atom is -0.496 e. The van der Waals surface area contributed by atoms with E-state index in [2.05, 4.69) is 0 Å². The molecule has 5 nitrogen and oxygen atoms in total. The number of carbonyl (C=O) groups excluding carboxylic acids is 2. The van der Waals surface area contributed by atoms with E-state index >= 15 is 0 Å². The van der Waals surface area contributed by atoms with Crippen molar-refractivity contribution < 1.29 is 23.8 Å². The quantitative estimate of drug-likeness (QED) is 0.606. The van der Waals surface area contributed by atoms with E-state index in [4.69, 9.17) is 14.2 Å². The minimum atomic E-state index is -0.610. The van der Waals surface area contributed by atoms with Crippen LogP contribution < -0.4 is 9.47 Å². The molecule has 0 aliphatic heterocycles. The Bertz CT molecular complexity index is 619. The van der Waals surface area contributed by atoms with Gasteiger partial charge >= 0.3 is 5.97 Å². The van der Waals surface area contributed by atoms with Gasteiger partial charge in [0.05, 0.1) is 19.8 Å². The number of carbonyl (C=O) groups is 2.